The molecule has 1 fully saturated rings. The monoisotopic (exact) mass is 260 g/mol. The van der Waals surface area contributed by atoms with Gasteiger partial charge >= 0.3 is 0 Å². The quantitative estimate of drug-likeness (QED) is 0.806. The molecule has 19 heavy (non-hydrogen) atoms. The fraction of sp³-hybridized carbons (Fsp3) is 0.647. The SMILES string of the molecule is CCC(C)(C)N(C)Cc1ccccc1CNC1CC1. The van der Waals surface area contributed by atoms with E-state index in [2.05, 4.69) is 62.3 Å². The van der Waals surface area contributed by atoms with E-state index < -0.39 is 0 Å². The number of benzene rings is 1. The van der Waals surface area contributed by atoms with Gasteiger partial charge in [-0.3, -0.25) is 4.90 Å². The molecule has 0 unspecified atom stereocenters. The smallest absolute Gasteiger partial charge is 0.0239 e. The van der Waals surface area contributed by atoms with Gasteiger partial charge in [0, 0.05) is 24.7 Å². The maximum atomic E-state index is 3.62. The first kappa shape index (κ1) is 14.5. The molecule has 0 aromatic heterocycles. The van der Waals surface area contributed by atoms with Gasteiger partial charge in [-0.05, 0) is 51.3 Å². The van der Waals surface area contributed by atoms with Gasteiger partial charge in [0.2, 0.25) is 0 Å². The Labute approximate surface area is 118 Å². The average molecular weight is 260 g/mol. The van der Waals surface area contributed by atoms with Crippen molar-refractivity contribution in [1.29, 1.82) is 0 Å². The molecule has 1 aliphatic rings. The zero-order chi connectivity index (χ0) is 13.9. The van der Waals surface area contributed by atoms with Crippen LogP contribution in [0.25, 0.3) is 0 Å². The van der Waals surface area contributed by atoms with Gasteiger partial charge in [-0.2, -0.15) is 0 Å². The molecule has 1 aromatic carbocycles. The molecule has 1 saturated carbocycles. The number of hydrogen-bond donors (Lipinski definition) is 1. The van der Waals surface area contributed by atoms with E-state index in [-0.39, 0.29) is 5.54 Å². The molecule has 0 saturated heterocycles. The van der Waals surface area contributed by atoms with Crippen molar-refractivity contribution in [2.24, 2.45) is 0 Å². The number of nitrogens with zero attached hydrogens (tertiary/aromatic N) is 1. The molecule has 0 spiro atoms. The van der Waals surface area contributed by atoms with Crippen molar-refractivity contribution >= 4 is 0 Å². The molecule has 106 valence electrons. The van der Waals surface area contributed by atoms with Crippen LogP contribution in [0.3, 0.4) is 0 Å². The van der Waals surface area contributed by atoms with Gasteiger partial charge in [0.1, 0.15) is 0 Å². The molecule has 0 heterocycles. The van der Waals surface area contributed by atoms with Crippen LogP contribution >= 0.6 is 0 Å². The second kappa shape index (κ2) is 6.06. The Bertz CT molecular complexity index is 407. The highest BCUT2D eigenvalue weighted by molar-refractivity contribution is 5.27. The Balaban J connectivity index is 2.01. The lowest BCUT2D eigenvalue weighted by atomic mass is 9.98. The van der Waals surface area contributed by atoms with E-state index in [1.54, 1.807) is 0 Å². The first-order valence-corrected chi connectivity index (χ1v) is 7.54. The van der Waals surface area contributed by atoms with Crippen molar-refractivity contribution in [1.82, 2.24) is 10.2 Å². The van der Waals surface area contributed by atoms with Crippen LogP contribution in [0.1, 0.15) is 51.2 Å². The van der Waals surface area contributed by atoms with Crippen molar-refractivity contribution in [3.8, 4) is 0 Å². The maximum Gasteiger partial charge on any atom is 0.0239 e. The molecule has 0 amide bonds. The van der Waals surface area contributed by atoms with Crippen LogP contribution < -0.4 is 5.32 Å². The normalized spacial score (nSPS) is 16.1. The third-order valence-electron chi connectivity index (χ3n) is 4.58. The first-order chi connectivity index (χ1) is 9.03. The highest BCUT2D eigenvalue weighted by Crippen LogP contribution is 2.22. The molecular formula is C17H28N2. The van der Waals surface area contributed by atoms with E-state index in [0.29, 0.717) is 0 Å². The summed E-state index contributed by atoms with van der Waals surface area (Å²) in [6.45, 7) is 8.94. The second-order valence-electron chi connectivity index (χ2n) is 6.45. The zero-order valence-corrected chi connectivity index (χ0v) is 12.9. The molecular weight excluding hydrogens is 232 g/mol. The van der Waals surface area contributed by atoms with E-state index in [9.17, 15) is 0 Å². The number of nitrogens with one attached hydrogen (secondary N) is 1. The molecule has 0 bridgehead atoms. The van der Waals surface area contributed by atoms with Crippen molar-refractivity contribution < 1.29 is 0 Å². The van der Waals surface area contributed by atoms with E-state index in [1.807, 2.05) is 0 Å². The van der Waals surface area contributed by atoms with Crippen molar-refractivity contribution in [2.75, 3.05) is 7.05 Å². The summed E-state index contributed by atoms with van der Waals surface area (Å²) in [5.74, 6) is 0. The Morgan fingerprint density at radius 3 is 2.42 bits per heavy atom. The molecule has 2 nitrogen and oxygen atoms in total. The number of hydrogen-bond acceptors (Lipinski definition) is 2. The van der Waals surface area contributed by atoms with Gasteiger partial charge in [0.15, 0.2) is 0 Å². The lowest BCUT2D eigenvalue weighted by Crippen LogP contribution is -2.40. The molecule has 2 rings (SSSR count). The molecule has 0 atom stereocenters. The molecule has 1 aliphatic carbocycles. The number of rotatable bonds is 7. The minimum atomic E-state index is 0.261. The lowest BCUT2D eigenvalue weighted by molar-refractivity contribution is 0.142. The largest absolute Gasteiger partial charge is 0.310 e. The summed E-state index contributed by atoms with van der Waals surface area (Å²) in [6, 6.07) is 9.61. The van der Waals surface area contributed by atoms with Gasteiger partial charge in [0.05, 0.1) is 0 Å². The predicted octanol–water partition coefficient (Wildman–Crippen LogP) is 3.56. The fourth-order valence-corrected chi connectivity index (χ4v) is 2.17. The molecule has 0 radical (unpaired) electrons. The van der Waals surface area contributed by atoms with Crippen LogP contribution in [0, 0.1) is 0 Å². The molecule has 0 aliphatic heterocycles. The van der Waals surface area contributed by atoms with E-state index in [1.165, 1.54) is 30.4 Å². The zero-order valence-electron chi connectivity index (χ0n) is 12.9. The highest BCUT2D eigenvalue weighted by Gasteiger charge is 2.23. The van der Waals surface area contributed by atoms with Crippen molar-refractivity contribution in [2.45, 2.75) is 64.7 Å². The van der Waals surface area contributed by atoms with Crippen LogP contribution in [0.4, 0.5) is 0 Å². The fourth-order valence-electron chi connectivity index (χ4n) is 2.17. The van der Waals surface area contributed by atoms with Gasteiger partial charge in [-0.15, -0.1) is 0 Å². The van der Waals surface area contributed by atoms with Gasteiger partial charge in [-0.25, -0.2) is 0 Å². The van der Waals surface area contributed by atoms with Gasteiger partial charge in [-0.1, -0.05) is 31.2 Å². The average Bonchev–Trinajstić information content (AvgIpc) is 3.21. The predicted molar refractivity (Wildman–Crippen MR) is 82.1 cm³/mol. The van der Waals surface area contributed by atoms with Gasteiger partial charge in [0.25, 0.3) is 0 Å². The summed E-state index contributed by atoms with van der Waals surface area (Å²) >= 11 is 0. The molecule has 2 heteroatoms. The second-order valence-corrected chi connectivity index (χ2v) is 6.45. The first-order valence-electron chi connectivity index (χ1n) is 7.54. The topological polar surface area (TPSA) is 15.3 Å². The summed E-state index contributed by atoms with van der Waals surface area (Å²) in [5.41, 5.74) is 3.17. The van der Waals surface area contributed by atoms with Gasteiger partial charge < -0.3 is 5.32 Å². The third-order valence-corrected chi connectivity index (χ3v) is 4.58. The van der Waals surface area contributed by atoms with E-state index in [4.69, 9.17) is 0 Å². The Morgan fingerprint density at radius 1 is 1.21 bits per heavy atom. The highest BCUT2D eigenvalue weighted by atomic mass is 15.2. The van der Waals surface area contributed by atoms with Crippen molar-refractivity contribution in [3.05, 3.63) is 35.4 Å². The van der Waals surface area contributed by atoms with E-state index >= 15 is 0 Å². The van der Waals surface area contributed by atoms with Crippen LogP contribution in [-0.4, -0.2) is 23.5 Å². The molecule has 1 aromatic rings. The minimum Gasteiger partial charge on any atom is -0.310 e. The summed E-state index contributed by atoms with van der Waals surface area (Å²) < 4.78 is 0. The van der Waals surface area contributed by atoms with E-state index in [0.717, 1.165) is 19.1 Å². The standard InChI is InChI=1S/C17H28N2/c1-5-17(2,3)19(4)13-15-9-7-6-8-14(15)12-18-16-10-11-16/h6-9,16,18H,5,10-13H2,1-4H3. The van der Waals surface area contributed by atoms with Crippen LogP contribution in [0.15, 0.2) is 24.3 Å². The minimum absolute atomic E-state index is 0.261. The van der Waals surface area contributed by atoms with Crippen molar-refractivity contribution in [3.63, 3.8) is 0 Å². The van der Waals surface area contributed by atoms with Crippen LogP contribution in [-0.2, 0) is 13.1 Å². The molecule has 1 N–H and O–H groups in total. The van der Waals surface area contributed by atoms with Crippen LogP contribution in [0.2, 0.25) is 0 Å². The lowest BCUT2D eigenvalue weighted by Gasteiger charge is -2.35. The third kappa shape index (κ3) is 4.05. The Hall–Kier alpha value is -0.860. The Morgan fingerprint density at radius 2 is 1.84 bits per heavy atom. The summed E-state index contributed by atoms with van der Waals surface area (Å²) in [7, 11) is 2.23. The summed E-state index contributed by atoms with van der Waals surface area (Å²) in [6.07, 6.45) is 3.88. The van der Waals surface area contributed by atoms with Crippen LogP contribution in [0.5, 0.6) is 0 Å². The Kier molecular flexibility index (Phi) is 4.64. The maximum absolute atomic E-state index is 3.62. The summed E-state index contributed by atoms with van der Waals surface area (Å²) in [5, 5.41) is 3.62. The summed E-state index contributed by atoms with van der Waals surface area (Å²) in [4.78, 5) is 2.46.